The minimum absolute atomic E-state index is 0.192. The first-order valence-electron chi connectivity index (χ1n) is 4.23. The van der Waals surface area contributed by atoms with Gasteiger partial charge in [-0.25, -0.2) is 4.98 Å². The molecule has 0 spiro atoms. The van der Waals surface area contributed by atoms with Crippen LogP contribution >= 0.6 is 54.5 Å². The lowest BCUT2D eigenvalue weighted by Crippen LogP contribution is -2.15. The molecule has 0 radical (unpaired) electrons. The molecule has 0 bridgehead atoms. The van der Waals surface area contributed by atoms with Crippen molar-refractivity contribution in [3.05, 3.63) is 35.8 Å². The molecular weight excluding hydrogens is 360 g/mol. The summed E-state index contributed by atoms with van der Waals surface area (Å²) >= 11 is 10.4. The Balaban J connectivity index is 2.35. The van der Waals surface area contributed by atoms with E-state index < -0.39 is 0 Å². The van der Waals surface area contributed by atoms with Crippen molar-refractivity contribution in [1.82, 2.24) is 10.3 Å². The molecule has 80 valence electrons. The molecule has 1 N–H and O–H groups in total. The lowest BCUT2D eigenvalue weighted by Gasteiger charge is -2.10. The van der Waals surface area contributed by atoms with Gasteiger partial charge in [0.05, 0.1) is 9.83 Å². The van der Waals surface area contributed by atoms with E-state index in [-0.39, 0.29) is 6.04 Å². The zero-order chi connectivity index (χ0) is 10.8. The van der Waals surface area contributed by atoms with Crippen LogP contribution in [0.4, 0.5) is 0 Å². The van der Waals surface area contributed by atoms with Gasteiger partial charge in [0.15, 0.2) is 0 Å². The van der Waals surface area contributed by atoms with E-state index in [4.69, 9.17) is 0 Å². The number of halogens is 2. The first kappa shape index (κ1) is 11.7. The van der Waals surface area contributed by atoms with Crippen molar-refractivity contribution in [2.24, 2.45) is 0 Å². The van der Waals surface area contributed by atoms with E-state index in [9.17, 15) is 0 Å². The predicted octanol–water partition coefficient (Wildman–Crippen LogP) is 4.04. The maximum Gasteiger partial charge on any atom is 0.115 e. The number of thiophene rings is 1. The number of nitrogens with zero attached hydrogens (tertiary/aromatic N) is 1. The molecule has 0 saturated carbocycles. The van der Waals surface area contributed by atoms with Crippen molar-refractivity contribution in [1.29, 1.82) is 0 Å². The van der Waals surface area contributed by atoms with Gasteiger partial charge in [0.1, 0.15) is 5.01 Å². The highest BCUT2D eigenvalue weighted by molar-refractivity contribution is 9.13. The van der Waals surface area contributed by atoms with Crippen LogP contribution in [-0.2, 0) is 0 Å². The Labute approximate surface area is 113 Å². The summed E-state index contributed by atoms with van der Waals surface area (Å²) in [6, 6.07) is 2.31. The van der Waals surface area contributed by atoms with Crippen molar-refractivity contribution < 1.29 is 0 Å². The third kappa shape index (κ3) is 2.50. The number of hydrogen-bond acceptors (Lipinski definition) is 4. The first-order valence-corrected chi connectivity index (χ1v) is 7.52. The molecule has 0 fully saturated rings. The summed E-state index contributed by atoms with van der Waals surface area (Å²) in [6.45, 7) is 0. The highest BCUT2D eigenvalue weighted by Gasteiger charge is 2.17. The number of aromatic nitrogens is 1. The van der Waals surface area contributed by atoms with Gasteiger partial charge < -0.3 is 5.32 Å². The third-order valence-corrected chi connectivity index (χ3v) is 6.10. The Morgan fingerprint density at radius 3 is 2.73 bits per heavy atom. The van der Waals surface area contributed by atoms with Gasteiger partial charge in [0, 0.05) is 20.9 Å². The van der Waals surface area contributed by atoms with Gasteiger partial charge in [-0.1, -0.05) is 0 Å². The summed E-state index contributed by atoms with van der Waals surface area (Å²) in [4.78, 5) is 5.59. The van der Waals surface area contributed by atoms with Crippen molar-refractivity contribution in [3.63, 3.8) is 0 Å². The highest BCUT2D eigenvalue weighted by atomic mass is 79.9. The number of nitrogens with one attached hydrogen (secondary N) is 1. The fourth-order valence-corrected chi connectivity index (χ4v) is 4.31. The van der Waals surface area contributed by atoms with Gasteiger partial charge in [-0.2, -0.15) is 0 Å². The van der Waals surface area contributed by atoms with Crippen LogP contribution in [-0.4, -0.2) is 12.0 Å². The molecule has 0 amide bonds. The summed E-state index contributed by atoms with van der Waals surface area (Å²) in [5.74, 6) is 0. The van der Waals surface area contributed by atoms with Crippen molar-refractivity contribution in [3.8, 4) is 0 Å². The molecule has 0 aliphatic heterocycles. The zero-order valence-corrected chi connectivity index (χ0v) is 12.6. The second kappa shape index (κ2) is 5.05. The van der Waals surface area contributed by atoms with E-state index in [0.717, 1.165) is 13.3 Å². The maximum atomic E-state index is 4.33. The van der Waals surface area contributed by atoms with Gasteiger partial charge in [-0.05, 0) is 45.0 Å². The summed E-state index contributed by atoms with van der Waals surface area (Å²) in [7, 11) is 1.95. The molecular formula is C9H8Br2N2S2. The Hall–Kier alpha value is 0.250. The fourth-order valence-electron chi connectivity index (χ4n) is 1.27. The van der Waals surface area contributed by atoms with E-state index in [1.807, 2.05) is 18.6 Å². The van der Waals surface area contributed by atoms with Gasteiger partial charge in [0.2, 0.25) is 0 Å². The first-order chi connectivity index (χ1) is 7.22. The van der Waals surface area contributed by atoms with Gasteiger partial charge >= 0.3 is 0 Å². The van der Waals surface area contributed by atoms with Crippen LogP contribution in [0, 0.1) is 0 Å². The minimum Gasteiger partial charge on any atom is -0.307 e. The molecule has 0 aliphatic carbocycles. The molecule has 0 aliphatic rings. The Bertz CT molecular complexity index is 419. The molecule has 2 heterocycles. The zero-order valence-electron chi connectivity index (χ0n) is 7.83. The average Bonchev–Trinajstić information content (AvgIpc) is 2.80. The predicted molar refractivity (Wildman–Crippen MR) is 72.7 cm³/mol. The van der Waals surface area contributed by atoms with Crippen LogP contribution in [0.1, 0.15) is 15.9 Å². The molecule has 1 unspecified atom stereocenters. The summed E-state index contributed by atoms with van der Waals surface area (Å²) in [6.07, 6.45) is 1.84. The van der Waals surface area contributed by atoms with Gasteiger partial charge in [0.25, 0.3) is 0 Å². The quantitative estimate of drug-likeness (QED) is 0.885. The minimum atomic E-state index is 0.192. The molecule has 2 nitrogen and oxygen atoms in total. The van der Waals surface area contributed by atoms with Crippen LogP contribution in [0.2, 0.25) is 0 Å². The molecule has 6 heteroatoms. The Morgan fingerprint density at radius 1 is 1.47 bits per heavy atom. The van der Waals surface area contributed by atoms with Crippen LogP contribution < -0.4 is 5.32 Å². The van der Waals surface area contributed by atoms with E-state index in [1.165, 1.54) is 4.88 Å². The molecule has 0 saturated heterocycles. The fraction of sp³-hybridized carbons (Fsp3) is 0.222. The van der Waals surface area contributed by atoms with Gasteiger partial charge in [-0.3, -0.25) is 0 Å². The van der Waals surface area contributed by atoms with Crippen molar-refractivity contribution >= 4 is 54.5 Å². The number of hydrogen-bond donors (Lipinski definition) is 1. The Morgan fingerprint density at radius 2 is 2.27 bits per heavy atom. The molecule has 1 atom stereocenters. The van der Waals surface area contributed by atoms with Crippen LogP contribution in [0.5, 0.6) is 0 Å². The topological polar surface area (TPSA) is 24.9 Å². The molecule has 2 rings (SSSR count). The lowest BCUT2D eigenvalue weighted by molar-refractivity contribution is 0.698. The molecule has 2 aromatic heterocycles. The smallest absolute Gasteiger partial charge is 0.115 e. The van der Waals surface area contributed by atoms with Crippen molar-refractivity contribution in [2.45, 2.75) is 6.04 Å². The summed E-state index contributed by atoms with van der Waals surface area (Å²) in [5, 5.41) is 6.37. The molecule has 0 aromatic carbocycles. The standard InChI is InChI=1S/C9H8Br2N2S2/c1-12-7(9-13-2-3-14-9)6-4-5(10)8(11)15-6/h2-4,7,12H,1H3. The summed E-state index contributed by atoms with van der Waals surface area (Å²) < 4.78 is 2.22. The maximum absolute atomic E-state index is 4.33. The van der Waals surface area contributed by atoms with E-state index in [0.29, 0.717) is 0 Å². The number of thiazole rings is 1. The number of rotatable bonds is 3. The van der Waals surface area contributed by atoms with E-state index in [2.05, 4.69) is 48.2 Å². The van der Waals surface area contributed by atoms with Gasteiger partial charge in [-0.15, -0.1) is 22.7 Å². The largest absolute Gasteiger partial charge is 0.307 e. The monoisotopic (exact) mass is 366 g/mol. The average molecular weight is 368 g/mol. The second-order valence-electron chi connectivity index (χ2n) is 2.86. The normalized spacial score (nSPS) is 13.0. The van der Waals surface area contributed by atoms with E-state index in [1.54, 1.807) is 22.7 Å². The second-order valence-corrected chi connectivity index (χ2v) is 7.04. The van der Waals surface area contributed by atoms with Crippen molar-refractivity contribution in [2.75, 3.05) is 7.05 Å². The van der Waals surface area contributed by atoms with E-state index >= 15 is 0 Å². The lowest BCUT2D eigenvalue weighted by atomic mass is 10.2. The van der Waals surface area contributed by atoms with Crippen LogP contribution in [0.3, 0.4) is 0 Å². The SMILES string of the molecule is CNC(c1cc(Br)c(Br)s1)c1nccs1. The van der Waals surface area contributed by atoms with Crippen LogP contribution in [0.25, 0.3) is 0 Å². The van der Waals surface area contributed by atoms with Crippen LogP contribution in [0.15, 0.2) is 25.9 Å². The molecule has 15 heavy (non-hydrogen) atoms. The third-order valence-electron chi connectivity index (χ3n) is 1.94. The Kier molecular flexibility index (Phi) is 3.95. The summed E-state index contributed by atoms with van der Waals surface area (Å²) in [5.41, 5.74) is 0. The highest BCUT2D eigenvalue weighted by Crippen LogP contribution is 2.37. The molecule has 2 aromatic rings.